The molecule has 1 saturated heterocycles. The lowest BCUT2D eigenvalue weighted by Crippen LogP contribution is -2.70. The number of nitrogens with one attached hydrogen (secondary N) is 1. The van der Waals surface area contributed by atoms with Crippen molar-refractivity contribution in [3.05, 3.63) is 33.7 Å². The molecule has 2 aliphatic heterocycles. The molecular formula is C20H24N2O6S2. The Morgan fingerprint density at radius 1 is 1.30 bits per heavy atom. The molecule has 2 aliphatic rings. The van der Waals surface area contributed by atoms with E-state index in [9.17, 15) is 19.2 Å². The van der Waals surface area contributed by atoms with Crippen LogP contribution >= 0.6 is 23.1 Å². The number of carbonyl (C=O) groups excluding carboxylic acids is 4. The van der Waals surface area contributed by atoms with Gasteiger partial charge in [0, 0.05) is 23.1 Å². The summed E-state index contributed by atoms with van der Waals surface area (Å²) in [5.74, 6) is -1.37. The molecule has 0 aliphatic carbocycles. The van der Waals surface area contributed by atoms with E-state index < -0.39 is 29.0 Å². The molecule has 2 amide bonds. The Balaban J connectivity index is 1.76. The standard InChI is InChI=1S/C20H24N2O6S2/c1-11(23)27-9-12-10-30-18-15(21-14(24)8-13-6-5-7-29-13)17(25)22(18)16(12)19(26)28-20(2,3)4/h5-7,15,18H,8-10H2,1-4H3,(H,21,24)/t15?,18-/m1/s1. The highest BCUT2D eigenvalue weighted by atomic mass is 32.2. The van der Waals surface area contributed by atoms with Crippen molar-refractivity contribution in [1.29, 1.82) is 0 Å². The van der Waals surface area contributed by atoms with Crippen LogP contribution in [0.3, 0.4) is 0 Å². The van der Waals surface area contributed by atoms with E-state index in [0.717, 1.165) is 4.88 Å². The summed E-state index contributed by atoms with van der Waals surface area (Å²) in [6.07, 6.45) is 0.200. The molecule has 0 spiro atoms. The fraction of sp³-hybridized carbons (Fsp3) is 0.500. The Morgan fingerprint density at radius 2 is 2.03 bits per heavy atom. The number of amides is 2. The molecule has 3 rings (SSSR count). The van der Waals surface area contributed by atoms with Crippen LogP contribution in [-0.2, 0) is 35.1 Å². The zero-order valence-electron chi connectivity index (χ0n) is 17.2. The van der Waals surface area contributed by atoms with Crippen LogP contribution in [0.4, 0.5) is 0 Å². The summed E-state index contributed by atoms with van der Waals surface area (Å²) in [6, 6.07) is 3.01. The van der Waals surface area contributed by atoms with Crippen molar-refractivity contribution >= 4 is 46.9 Å². The van der Waals surface area contributed by atoms with Gasteiger partial charge in [-0.25, -0.2) is 4.79 Å². The van der Waals surface area contributed by atoms with Crippen molar-refractivity contribution in [2.75, 3.05) is 12.4 Å². The van der Waals surface area contributed by atoms with E-state index in [2.05, 4.69) is 5.32 Å². The van der Waals surface area contributed by atoms with Gasteiger partial charge in [-0.1, -0.05) is 6.07 Å². The molecule has 1 aromatic rings. The van der Waals surface area contributed by atoms with Gasteiger partial charge in [0.05, 0.1) is 6.42 Å². The molecule has 10 heteroatoms. The van der Waals surface area contributed by atoms with Crippen LogP contribution in [0, 0.1) is 0 Å². The molecule has 8 nitrogen and oxygen atoms in total. The third kappa shape index (κ3) is 5.04. The second-order valence-electron chi connectivity index (χ2n) is 7.95. The SMILES string of the molecule is CC(=O)OCC1=C(C(=O)OC(C)(C)C)N2C(=O)C(NC(=O)Cc3cccs3)[C@H]2SC1. The highest BCUT2D eigenvalue weighted by Gasteiger charge is 2.54. The van der Waals surface area contributed by atoms with E-state index >= 15 is 0 Å². The Hall–Kier alpha value is -2.33. The predicted molar refractivity (Wildman–Crippen MR) is 113 cm³/mol. The number of hydrogen-bond donors (Lipinski definition) is 1. The molecule has 1 fully saturated rings. The van der Waals surface area contributed by atoms with E-state index in [-0.39, 0.29) is 30.5 Å². The number of thiophene rings is 1. The van der Waals surface area contributed by atoms with Crippen LogP contribution in [0.5, 0.6) is 0 Å². The molecule has 1 aromatic heterocycles. The zero-order chi connectivity index (χ0) is 22.1. The summed E-state index contributed by atoms with van der Waals surface area (Å²) in [4.78, 5) is 51.5. The van der Waals surface area contributed by atoms with Gasteiger partial charge in [0.1, 0.15) is 29.3 Å². The van der Waals surface area contributed by atoms with Crippen molar-refractivity contribution in [2.45, 2.75) is 51.1 Å². The fourth-order valence-corrected chi connectivity index (χ4v) is 5.12. The number of hydrogen-bond acceptors (Lipinski definition) is 8. The summed E-state index contributed by atoms with van der Waals surface area (Å²) in [5, 5.41) is 4.25. The van der Waals surface area contributed by atoms with Crippen LogP contribution in [-0.4, -0.2) is 58.0 Å². The van der Waals surface area contributed by atoms with Gasteiger partial charge in [0.15, 0.2) is 0 Å². The van der Waals surface area contributed by atoms with Crippen LogP contribution in [0.25, 0.3) is 0 Å². The Bertz CT molecular complexity index is 888. The number of nitrogens with zero attached hydrogens (tertiary/aromatic N) is 1. The van der Waals surface area contributed by atoms with Crippen molar-refractivity contribution in [1.82, 2.24) is 10.2 Å². The molecular weight excluding hydrogens is 428 g/mol. The first-order valence-corrected chi connectivity index (χ1v) is 11.3. The minimum atomic E-state index is -0.751. The normalized spacial score (nSPS) is 20.9. The number of ether oxygens (including phenoxy) is 2. The number of fused-ring (bicyclic) bond motifs is 1. The maximum atomic E-state index is 12.8. The summed E-state index contributed by atoms with van der Waals surface area (Å²) in [7, 11) is 0. The van der Waals surface area contributed by atoms with Crippen molar-refractivity contribution < 1.29 is 28.7 Å². The second-order valence-corrected chi connectivity index (χ2v) is 10.1. The summed E-state index contributed by atoms with van der Waals surface area (Å²) in [6.45, 7) is 6.39. The minimum Gasteiger partial charge on any atom is -0.461 e. The quantitative estimate of drug-likeness (QED) is 0.519. The number of esters is 2. The lowest BCUT2D eigenvalue weighted by atomic mass is 10.0. The molecule has 2 atom stereocenters. The molecule has 0 bridgehead atoms. The highest BCUT2D eigenvalue weighted by Crippen LogP contribution is 2.41. The second kappa shape index (κ2) is 8.81. The van der Waals surface area contributed by atoms with E-state index in [1.165, 1.54) is 34.9 Å². The Kier molecular flexibility index (Phi) is 6.56. The number of thioether (sulfide) groups is 1. The van der Waals surface area contributed by atoms with Gasteiger partial charge in [-0.2, -0.15) is 0 Å². The van der Waals surface area contributed by atoms with Crippen molar-refractivity contribution in [3.63, 3.8) is 0 Å². The Labute approximate surface area is 183 Å². The predicted octanol–water partition coefficient (Wildman–Crippen LogP) is 1.85. The number of rotatable bonds is 6. The average molecular weight is 453 g/mol. The summed E-state index contributed by atoms with van der Waals surface area (Å²) in [5.41, 5.74) is -0.139. The van der Waals surface area contributed by atoms with E-state index in [0.29, 0.717) is 11.3 Å². The van der Waals surface area contributed by atoms with Gasteiger partial charge in [-0.3, -0.25) is 19.3 Å². The van der Waals surface area contributed by atoms with Crippen molar-refractivity contribution in [2.24, 2.45) is 0 Å². The number of β-lactam (4-membered cyclic amide) rings is 1. The molecule has 162 valence electrons. The van der Waals surface area contributed by atoms with E-state index in [4.69, 9.17) is 9.47 Å². The largest absolute Gasteiger partial charge is 0.461 e. The van der Waals surface area contributed by atoms with Gasteiger partial charge in [-0.15, -0.1) is 23.1 Å². The summed E-state index contributed by atoms with van der Waals surface area (Å²) < 4.78 is 10.5. The maximum Gasteiger partial charge on any atom is 0.355 e. The molecule has 0 radical (unpaired) electrons. The first-order valence-electron chi connectivity index (χ1n) is 9.42. The van der Waals surface area contributed by atoms with Gasteiger partial charge < -0.3 is 14.8 Å². The lowest BCUT2D eigenvalue weighted by molar-refractivity contribution is -0.159. The van der Waals surface area contributed by atoms with Crippen LogP contribution in [0.15, 0.2) is 28.8 Å². The third-order valence-electron chi connectivity index (χ3n) is 4.32. The maximum absolute atomic E-state index is 12.8. The smallest absolute Gasteiger partial charge is 0.355 e. The molecule has 1 N–H and O–H groups in total. The topological polar surface area (TPSA) is 102 Å². The number of carbonyl (C=O) groups is 4. The highest BCUT2D eigenvalue weighted by molar-refractivity contribution is 8.00. The van der Waals surface area contributed by atoms with Gasteiger partial charge in [0.25, 0.3) is 5.91 Å². The van der Waals surface area contributed by atoms with Gasteiger partial charge in [-0.05, 0) is 32.2 Å². The molecule has 0 aromatic carbocycles. The third-order valence-corrected chi connectivity index (χ3v) is 6.54. The average Bonchev–Trinajstić information content (AvgIpc) is 3.14. The van der Waals surface area contributed by atoms with Gasteiger partial charge in [0.2, 0.25) is 5.91 Å². The minimum absolute atomic E-state index is 0.0944. The fourth-order valence-electron chi connectivity index (χ4n) is 3.09. The first-order chi connectivity index (χ1) is 14.1. The van der Waals surface area contributed by atoms with Crippen LogP contribution in [0.2, 0.25) is 0 Å². The van der Waals surface area contributed by atoms with Crippen LogP contribution in [0.1, 0.15) is 32.6 Å². The summed E-state index contributed by atoms with van der Waals surface area (Å²) >= 11 is 2.88. The van der Waals surface area contributed by atoms with Crippen LogP contribution < -0.4 is 5.32 Å². The monoisotopic (exact) mass is 452 g/mol. The van der Waals surface area contributed by atoms with Crippen molar-refractivity contribution in [3.8, 4) is 0 Å². The van der Waals surface area contributed by atoms with Gasteiger partial charge >= 0.3 is 11.9 Å². The molecule has 1 unspecified atom stereocenters. The van der Waals surface area contributed by atoms with E-state index in [1.54, 1.807) is 20.8 Å². The van der Waals surface area contributed by atoms with E-state index in [1.807, 2.05) is 17.5 Å². The molecule has 30 heavy (non-hydrogen) atoms. The molecule has 3 heterocycles. The molecule has 0 saturated carbocycles. The Morgan fingerprint density at radius 3 is 2.63 bits per heavy atom. The zero-order valence-corrected chi connectivity index (χ0v) is 18.9. The first kappa shape index (κ1) is 22.4. The lowest BCUT2D eigenvalue weighted by Gasteiger charge is -2.49.